The van der Waals surface area contributed by atoms with Crippen LogP contribution in [0, 0.1) is 22.5 Å². The van der Waals surface area contributed by atoms with Crippen LogP contribution in [0.15, 0.2) is 10.6 Å². The molecule has 0 aliphatic rings. The van der Waals surface area contributed by atoms with Gasteiger partial charge in [-0.25, -0.2) is 9.59 Å². The van der Waals surface area contributed by atoms with Crippen LogP contribution in [-0.2, 0) is 25.6 Å². The van der Waals surface area contributed by atoms with Gasteiger partial charge in [0.05, 0.1) is 13.2 Å². The van der Waals surface area contributed by atoms with E-state index in [1.54, 1.807) is 13.8 Å². The van der Waals surface area contributed by atoms with Crippen molar-refractivity contribution in [3.8, 4) is 12.3 Å². The Morgan fingerprint density at radius 1 is 1.38 bits per heavy atom. The fraction of sp³-hybridized carbons (Fsp3) is 0.533. The van der Waals surface area contributed by atoms with Crippen molar-refractivity contribution in [2.24, 2.45) is 0 Å². The van der Waals surface area contributed by atoms with Crippen LogP contribution in [0.25, 0.3) is 0 Å². The van der Waals surface area contributed by atoms with E-state index in [1.807, 2.05) is 5.92 Å². The van der Waals surface area contributed by atoms with E-state index >= 15 is 0 Å². The number of hydrogen-bond donors (Lipinski definition) is 1. The van der Waals surface area contributed by atoms with E-state index in [0.717, 1.165) is 0 Å². The third-order valence-electron chi connectivity index (χ3n) is 1.98. The largest absolute Gasteiger partial charge is 0.461 e. The molecule has 0 spiro atoms. The van der Waals surface area contributed by atoms with E-state index in [-0.39, 0.29) is 18.9 Å². The molecule has 1 aromatic rings. The SMILES string of the molecule is C#CCO.CCOC(=O)C[N+](=O)[O-].CCOC(=O)c1cc(COC)on1. The highest BCUT2D eigenvalue weighted by atomic mass is 16.6. The van der Waals surface area contributed by atoms with Gasteiger partial charge in [0.15, 0.2) is 11.5 Å². The number of esters is 2. The Labute approximate surface area is 150 Å². The monoisotopic (exact) mass is 374 g/mol. The van der Waals surface area contributed by atoms with Crippen LogP contribution in [0.3, 0.4) is 0 Å². The molecule has 1 aromatic heterocycles. The van der Waals surface area contributed by atoms with Gasteiger partial charge in [-0.3, -0.25) is 10.1 Å². The van der Waals surface area contributed by atoms with Gasteiger partial charge >= 0.3 is 11.9 Å². The van der Waals surface area contributed by atoms with E-state index < -0.39 is 23.4 Å². The van der Waals surface area contributed by atoms with Crippen LogP contribution in [0.4, 0.5) is 0 Å². The van der Waals surface area contributed by atoms with Crippen LogP contribution in [0.1, 0.15) is 30.1 Å². The molecule has 0 atom stereocenters. The number of hydrogen-bond acceptors (Lipinski definition) is 10. The van der Waals surface area contributed by atoms with Crippen LogP contribution in [-0.4, -0.2) is 60.6 Å². The number of nitro groups is 1. The molecule has 0 aromatic carbocycles. The summed E-state index contributed by atoms with van der Waals surface area (Å²) in [6.45, 7) is 3.24. The van der Waals surface area contributed by atoms with Gasteiger partial charge in [0.2, 0.25) is 0 Å². The Morgan fingerprint density at radius 2 is 1.96 bits per heavy atom. The van der Waals surface area contributed by atoms with Crippen LogP contribution in [0.5, 0.6) is 0 Å². The highest BCUT2D eigenvalue weighted by Crippen LogP contribution is 2.05. The predicted molar refractivity (Wildman–Crippen MR) is 87.6 cm³/mol. The third-order valence-corrected chi connectivity index (χ3v) is 1.98. The van der Waals surface area contributed by atoms with Crippen LogP contribution < -0.4 is 0 Å². The minimum atomic E-state index is -0.789. The number of methoxy groups -OCH3 is 1. The summed E-state index contributed by atoms with van der Waals surface area (Å²) < 4.78 is 18.6. The Hall–Kier alpha value is -2.97. The van der Waals surface area contributed by atoms with E-state index in [9.17, 15) is 19.7 Å². The van der Waals surface area contributed by atoms with E-state index in [4.69, 9.17) is 19.1 Å². The first kappa shape index (κ1) is 25.3. The maximum Gasteiger partial charge on any atom is 0.378 e. The summed E-state index contributed by atoms with van der Waals surface area (Å²) >= 11 is 0. The van der Waals surface area contributed by atoms with Crippen molar-refractivity contribution >= 4 is 11.9 Å². The zero-order chi connectivity index (χ0) is 20.4. The number of carbonyl (C=O) groups excluding carboxylic acids is 2. The van der Waals surface area contributed by atoms with Gasteiger partial charge in [-0.15, -0.1) is 6.42 Å². The molecule has 1 N–H and O–H groups in total. The number of aliphatic hydroxyl groups excluding tert-OH is 1. The Balaban J connectivity index is 0. The summed E-state index contributed by atoms with van der Waals surface area (Å²) in [5, 5.41) is 20.8. The molecule has 1 heterocycles. The average molecular weight is 374 g/mol. The van der Waals surface area contributed by atoms with Gasteiger partial charge in [0.1, 0.15) is 13.2 Å². The summed E-state index contributed by atoms with van der Waals surface area (Å²) in [6, 6.07) is 1.50. The number of carbonyl (C=O) groups is 2. The lowest BCUT2D eigenvalue weighted by atomic mass is 10.4. The predicted octanol–water partition coefficient (Wildman–Crippen LogP) is 0.436. The molecular weight excluding hydrogens is 352 g/mol. The van der Waals surface area contributed by atoms with Gasteiger partial charge < -0.3 is 23.8 Å². The van der Waals surface area contributed by atoms with Crippen molar-refractivity contribution in [3.63, 3.8) is 0 Å². The molecule has 11 nitrogen and oxygen atoms in total. The minimum absolute atomic E-state index is 0.153. The maximum atomic E-state index is 11.1. The average Bonchev–Trinajstić information content (AvgIpc) is 3.04. The highest BCUT2D eigenvalue weighted by Gasteiger charge is 2.12. The second kappa shape index (κ2) is 16.9. The van der Waals surface area contributed by atoms with E-state index in [1.165, 1.54) is 13.2 Å². The van der Waals surface area contributed by atoms with E-state index in [2.05, 4.69) is 16.3 Å². The maximum absolute atomic E-state index is 11.1. The molecule has 1 rings (SSSR count). The molecule has 0 aliphatic carbocycles. The molecule has 0 unspecified atom stereocenters. The number of aliphatic hydroxyl groups is 1. The smallest absolute Gasteiger partial charge is 0.378 e. The molecule has 0 radical (unpaired) electrons. The number of rotatable bonds is 7. The molecule has 0 bridgehead atoms. The van der Waals surface area contributed by atoms with Gasteiger partial charge in [0, 0.05) is 18.1 Å². The lowest BCUT2D eigenvalue weighted by molar-refractivity contribution is -0.470. The zero-order valence-corrected chi connectivity index (χ0v) is 14.8. The van der Waals surface area contributed by atoms with Gasteiger partial charge in [-0.1, -0.05) is 11.1 Å². The first-order chi connectivity index (χ1) is 12.4. The summed E-state index contributed by atoms with van der Waals surface area (Å²) in [6.07, 6.45) is 4.53. The van der Waals surface area contributed by atoms with Gasteiger partial charge in [-0.2, -0.15) is 0 Å². The molecular formula is C15H22N2O9. The lowest BCUT2D eigenvalue weighted by Gasteiger charge is -1.94. The molecule has 146 valence electrons. The normalized spacial score (nSPS) is 8.73. The standard InChI is InChI=1S/C8H11NO4.C4H7NO4.C3H4O/c1-3-12-8(10)7-4-6(5-11-2)13-9-7;1-2-9-4(6)3-5(7)8;1-2-3-4/h4H,3,5H2,1-2H3;2-3H2,1H3;1,4H,3H2. The first-order valence-electron chi connectivity index (χ1n) is 7.29. The molecule has 0 amide bonds. The van der Waals surface area contributed by atoms with Crippen molar-refractivity contribution in [1.82, 2.24) is 5.16 Å². The highest BCUT2D eigenvalue weighted by molar-refractivity contribution is 5.87. The van der Waals surface area contributed by atoms with Crippen LogP contribution in [0.2, 0.25) is 0 Å². The van der Waals surface area contributed by atoms with Crippen molar-refractivity contribution in [2.75, 3.05) is 33.5 Å². The van der Waals surface area contributed by atoms with E-state index in [0.29, 0.717) is 19.0 Å². The first-order valence-corrected chi connectivity index (χ1v) is 7.29. The summed E-state index contributed by atoms with van der Waals surface area (Å²) in [4.78, 5) is 30.1. The summed E-state index contributed by atoms with van der Waals surface area (Å²) in [5.41, 5.74) is 0.175. The number of terminal acetylenes is 1. The fourth-order valence-corrected chi connectivity index (χ4v) is 1.14. The fourth-order valence-electron chi connectivity index (χ4n) is 1.14. The van der Waals surface area contributed by atoms with Gasteiger partial charge in [-0.05, 0) is 13.8 Å². The van der Waals surface area contributed by atoms with Crippen molar-refractivity contribution in [1.29, 1.82) is 0 Å². The van der Waals surface area contributed by atoms with Crippen LogP contribution >= 0.6 is 0 Å². The van der Waals surface area contributed by atoms with Crippen molar-refractivity contribution in [2.45, 2.75) is 20.5 Å². The second-order valence-corrected chi connectivity index (χ2v) is 3.99. The summed E-state index contributed by atoms with van der Waals surface area (Å²) in [7, 11) is 1.53. The van der Waals surface area contributed by atoms with Gasteiger partial charge in [0.25, 0.3) is 6.54 Å². The Kier molecular flexibility index (Phi) is 16.4. The third kappa shape index (κ3) is 14.6. The lowest BCUT2D eigenvalue weighted by Crippen LogP contribution is -2.16. The molecule has 11 heteroatoms. The molecule has 26 heavy (non-hydrogen) atoms. The summed E-state index contributed by atoms with van der Waals surface area (Å²) in [5.74, 6) is 1.22. The Bertz CT molecular complexity index is 578. The molecule has 0 aliphatic heterocycles. The Morgan fingerprint density at radius 3 is 2.38 bits per heavy atom. The number of nitrogens with zero attached hydrogens (tertiary/aromatic N) is 2. The van der Waals surface area contributed by atoms with Crippen molar-refractivity contribution < 1.29 is 38.4 Å². The topological polar surface area (TPSA) is 151 Å². The second-order valence-electron chi connectivity index (χ2n) is 3.99. The molecule has 0 fully saturated rings. The molecule has 0 saturated heterocycles. The molecule has 0 saturated carbocycles. The zero-order valence-electron chi connectivity index (χ0n) is 14.8. The van der Waals surface area contributed by atoms with Crippen molar-refractivity contribution in [3.05, 3.63) is 27.6 Å². The minimum Gasteiger partial charge on any atom is -0.461 e. The number of ether oxygens (including phenoxy) is 3. The quantitative estimate of drug-likeness (QED) is 0.308. The number of aromatic nitrogens is 1.